The lowest BCUT2D eigenvalue weighted by atomic mass is 10.1. The summed E-state index contributed by atoms with van der Waals surface area (Å²) >= 11 is 0. The average molecular weight is 909 g/mol. The normalized spacial score (nSPS) is 12.5. The van der Waals surface area contributed by atoms with Crippen LogP contribution in [-0.4, -0.2) is 37.2 Å². The molecule has 6 heteroatoms. The highest BCUT2D eigenvalue weighted by Gasteiger charge is 2.19. The van der Waals surface area contributed by atoms with E-state index >= 15 is 0 Å². The third-order valence-electron chi connectivity index (χ3n) is 12.0. The van der Waals surface area contributed by atoms with E-state index in [1.807, 2.05) is 0 Å². The lowest BCUT2D eigenvalue weighted by molar-refractivity contribution is -0.167. The standard InChI is InChI=1S/C59H104O6/c1-4-7-10-13-16-19-22-25-27-29-31-34-37-40-43-46-49-52-58(61)64-55-56(54-63-57(60)51-48-45-42-39-36-33-24-21-18-15-12-9-6-3)65-59(62)53-50-47-44-41-38-35-32-30-28-26-23-20-17-14-11-8-5-2/h16-17,19-21,24-28,56H,4-15,18,22-23,29-55H2,1-3H3/b19-16+,20-17+,24-21+,27-25+,28-26+/t56-/m1/s1. The molecule has 0 heterocycles. The minimum absolute atomic E-state index is 0.0837. The number of unbranched alkanes of at least 4 members (excludes halogenated alkanes) is 29. The third kappa shape index (κ3) is 51.9. The average Bonchev–Trinajstić information content (AvgIpc) is 3.30. The van der Waals surface area contributed by atoms with Crippen molar-refractivity contribution >= 4 is 17.9 Å². The Morgan fingerprint density at radius 2 is 0.554 bits per heavy atom. The van der Waals surface area contributed by atoms with E-state index in [4.69, 9.17) is 14.2 Å². The smallest absolute Gasteiger partial charge is 0.306 e. The molecule has 0 radical (unpaired) electrons. The molecule has 376 valence electrons. The zero-order valence-corrected chi connectivity index (χ0v) is 43.0. The van der Waals surface area contributed by atoms with Crippen LogP contribution in [0.4, 0.5) is 0 Å². The molecule has 0 saturated carbocycles. The van der Waals surface area contributed by atoms with E-state index in [2.05, 4.69) is 81.5 Å². The van der Waals surface area contributed by atoms with Crippen LogP contribution in [0.2, 0.25) is 0 Å². The Labute approximate surface area is 402 Å². The first-order chi connectivity index (χ1) is 32.0. The van der Waals surface area contributed by atoms with Gasteiger partial charge in [-0.3, -0.25) is 14.4 Å². The number of carbonyl (C=O) groups is 3. The molecule has 0 aromatic heterocycles. The summed E-state index contributed by atoms with van der Waals surface area (Å²) in [7, 11) is 0. The van der Waals surface area contributed by atoms with Gasteiger partial charge < -0.3 is 14.2 Å². The molecule has 65 heavy (non-hydrogen) atoms. The summed E-state index contributed by atoms with van der Waals surface area (Å²) in [4.78, 5) is 38.1. The van der Waals surface area contributed by atoms with E-state index in [-0.39, 0.29) is 31.1 Å². The van der Waals surface area contributed by atoms with E-state index < -0.39 is 6.10 Å². The Hall–Kier alpha value is -2.89. The molecule has 0 unspecified atom stereocenters. The Morgan fingerprint density at radius 1 is 0.308 bits per heavy atom. The van der Waals surface area contributed by atoms with Crippen molar-refractivity contribution in [1.29, 1.82) is 0 Å². The summed E-state index contributed by atoms with van der Waals surface area (Å²) in [5, 5.41) is 0. The molecule has 0 bridgehead atoms. The first-order valence-electron chi connectivity index (χ1n) is 27.8. The number of rotatable bonds is 50. The zero-order chi connectivity index (χ0) is 47.2. The first-order valence-corrected chi connectivity index (χ1v) is 27.8. The van der Waals surface area contributed by atoms with Crippen LogP contribution >= 0.6 is 0 Å². The maximum absolute atomic E-state index is 12.8. The lowest BCUT2D eigenvalue weighted by Gasteiger charge is -2.18. The van der Waals surface area contributed by atoms with Gasteiger partial charge in [-0.15, -0.1) is 0 Å². The van der Waals surface area contributed by atoms with Crippen LogP contribution in [0.1, 0.15) is 278 Å². The summed E-state index contributed by atoms with van der Waals surface area (Å²) in [6, 6.07) is 0. The molecule has 6 nitrogen and oxygen atoms in total. The largest absolute Gasteiger partial charge is 0.462 e. The van der Waals surface area contributed by atoms with E-state index in [9.17, 15) is 14.4 Å². The predicted octanol–water partition coefficient (Wildman–Crippen LogP) is 18.4. The van der Waals surface area contributed by atoms with Crippen LogP contribution < -0.4 is 0 Å². The molecule has 0 rings (SSSR count). The molecule has 0 aliphatic heterocycles. The summed E-state index contributed by atoms with van der Waals surface area (Å²) in [6.07, 6.45) is 66.2. The van der Waals surface area contributed by atoms with Gasteiger partial charge in [-0.2, -0.15) is 0 Å². The second-order valence-electron chi connectivity index (χ2n) is 18.5. The Morgan fingerprint density at radius 3 is 0.892 bits per heavy atom. The van der Waals surface area contributed by atoms with Crippen molar-refractivity contribution in [3.05, 3.63) is 60.8 Å². The van der Waals surface area contributed by atoms with Crippen molar-refractivity contribution in [1.82, 2.24) is 0 Å². The molecule has 0 aliphatic carbocycles. The minimum atomic E-state index is -0.784. The fourth-order valence-electron chi connectivity index (χ4n) is 7.73. The Kier molecular flexibility index (Phi) is 51.3. The molecule has 0 aliphatic rings. The molecule has 0 N–H and O–H groups in total. The van der Waals surface area contributed by atoms with Crippen LogP contribution in [0, 0.1) is 0 Å². The van der Waals surface area contributed by atoms with Crippen molar-refractivity contribution in [2.24, 2.45) is 0 Å². The van der Waals surface area contributed by atoms with Crippen molar-refractivity contribution in [2.75, 3.05) is 13.2 Å². The van der Waals surface area contributed by atoms with Gasteiger partial charge in [0.2, 0.25) is 0 Å². The predicted molar refractivity (Wildman–Crippen MR) is 279 cm³/mol. The Balaban J connectivity index is 4.40. The van der Waals surface area contributed by atoms with Gasteiger partial charge in [0.25, 0.3) is 0 Å². The van der Waals surface area contributed by atoms with Gasteiger partial charge in [0.15, 0.2) is 6.10 Å². The van der Waals surface area contributed by atoms with Crippen molar-refractivity contribution in [3.8, 4) is 0 Å². The molecule has 0 aromatic rings. The highest BCUT2D eigenvalue weighted by Crippen LogP contribution is 2.15. The van der Waals surface area contributed by atoms with E-state index in [1.165, 1.54) is 148 Å². The van der Waals surface area contributed by atoms with Gasteiger partial charge in [0.05, 0.1) is 0 Å². The van der Waals surface area contributed by atoms with Crippen LogP contribution in [0.3, 0.4) is 0 Å². The highest BCUT2D eigenvalue weighted by molar-refractivity contribution is 5.71. The fourth-order valence-corrected chi connectivity index (χ4v) is 7.73. The number of carbonyl (C=O) groups excluding carboxylic acids is 3. The van der Waals surface area contributed by atoms with E-state index in [0.717, 1.165) is 89.9 Å². The number of esters is 3. The molecule has 0 saturated heterocycles. The Bertz CT molecular complexity index is 1180. The minimum Gasteiger partial charge on any atom is -0.462 e. The van der Waals surface area contributed by atoms with Crippen LogP contribution in [-0.2, 0) is 28.6 Å². The van der Waals surface area contributed by atoms with Gasteiger partial charge in [0.1, 0.15) is 13.2 Å². The van der Waals surface area contributed by atoms with Gasteiger partial charge in [-0.05, 0) is 109 Å². The summed E-state index contributed by atoms with van der Waals surface area (Å²) in [5.74, 6) is -0.900. The molecule has 1 atom stereocenters. The van der Waals surface area contributed by atoms with Crippen molar-refractivity contribution < 1.29 is 28.6 Å². The molecule has 0 fully saturated rings. The second kappa shape index (κ2) is 53.7. The van der Waals surface area contributed by atoms with Crippen LogP contribution in [0.25, 0.3) is 0 Å². The van der Waals surface area contributed by atoms with Gasteiger partial charge in [-0.25, -0.2) is 0 Å². The monoisotopic (exact) mass is 909 g/mol. The van der Waals surface area contributed by atoms with E-state index in [1.54, 1.807) is 0 Å². The second-order valence-corrected chi connectivity index (χ2v) is 18.5. The van der Waals surface area contributed by atoms with Gasteiger partial charge >= 0.3 is 17.9 Å². The first kappa shape index (κ1) is 62.1. The van der Waals surface area contributed by atoms with Gasteiger partial charge in [-0.1, -0.05) is 210 Å². The fraction of sp³-hybridized carbons (Fsp3) is 0.780. The summed E-state index contributed by atoms with van der Waals surface area (Å²) in [6.45, 7) is 6.57. The van der Waals surface area contributed by atoms with Crippen molar-refractivity contribution in [3.63, 3.8) is 0 Å². The quantitative estimate of drug-likeness (QED) is 0.0262. The maximum Gasteiger partial charge on any atom is 0.306 e. The van der Waals surface area contributed by atoms with Gasteiger partial charge in [0, 0.05) is 19.3 Å². The number of hydrogen-bond acceptors (Lipinski definition) is 6. The number of allylic oxidation sites excluding steroid dienone is 10. The number of ether oxygens (including phenoxy) is 3. The van der Waals surface area contributed by atoms with Crippen LogP contribution in [0.15, 0.2) is 60.8 Å². The van der Waals surface area contributed by atoms with Crippen molar-refractivity contribution in [2.45, 2.75) is 284 Å². The SMILES string of the molecule is CCCCC/C=C/C/C=C/CCCCCCCCCC(=O)OC[C@@H](COC(=O)CCCCCCC/C=C/CCCCCC)OC(=O)CCCCCCCCC/C=C/C/C=C/CCCCC. The molecule has 0 spiro atoms. The maximum atomic E-state index is 12.8. The number of hydrogen-bond donors (Lipinski definition) is 0. The topological polar surface area (TPSA) is 78.9 Å². The molecular formula is C59H104O6. The summed E-state index contributed by atoms with van der Waals surface area (Å²) < 4.78 is 16.8. The third-order valence-corrected chi connectivity index (χ3v) is 12.0. The lowest BCUT2D eigenvalue weighted by Crippen LogP contribution is -2.30. The van der Waals surface area contributed by atoms with E-state index in [0.29, 0.717) is 19.3 Å². The van der Waals surface area contributed by atoms with Crippen LogP contribution in [0.5, 0.6) is 0 Å². The molecule has 0 aromatic carbocycles. The molecule has 0 amide bonds. The summed E-state index contributed by atoms with van der Waals surface area (Å²) in [5.41, 5.74) is 0. The zero-order valence-electron chi connectivity index (χ0n) is 43.0. The molecular weight excluding hydrogens is 805 g/mol. The highest BCUT2D eigenvalue weighted by atomic mass is 16.6.